The van der Waals surface area contributed by atoms with Gasteiger partial charge in [0.25, 0.3) is 0 Å². The summed E-state index contributed by atoms with van der Waals surface area (Å²) >= 11 is 0. The third-order valence-electron chi connectivity index (χ3n) is 10.4. The van der Waals surface area contributed by atoms with Crippen LogP contribution in [0.1, 0.15) is 123 Å². The van der Waals surface area contributed by atoms with Gasteiger partial charge in [-0.2, -0.15) is 0 Å². The number of hydrogen-bond donors (Lipinski definition) is 9. The number of aliphatic hydroxyl groups is 8. The van der Waals surface area contributed by atoms with Crippen molar-refractivity contribution in [1.29, 1.82) is 0 Å². The number of hydrogen-bond acceptors (Lipinski definition) is 15. The van der Waals surface area contributed by atoms with E-state index in [2.05, 4.69) is 55.5 Å². The van der Waals surface area contributed by atoms with E-state index in [0.717, 1.165) is 44.9 Å². The number of rotatable bonds is 37. The third-order valence-corrected chi connectivity index (χ3v) is 11.4. The lowest BCUT2D eigenvalue weighted by Gasteiger charge is -2.41. The van der Waals surface area contributed by atoms with Crippen molar-refractivity contribution in [2.45, 2.75) is 184 Å². The maximum atomic E-state index is 12.8. The fourth-order valence-electron chi connectivity index (χ4n) is 6.43. The van der Waals surface area contributed by atoms with Crippen molar-refractivity contribution in [2.75, 3.05) is 13.2 Å². The average molecular weight is 981 g/mol. The predicted molar refractivity (Wildman–Crippen MR) is 262 cm³/mol. The van der Waals surface area contributed by atoms with E-state index in [-0.39, 0.29) is 25.7 Å². The number of aliphatic hydroxyl groups excluding tert-OH is 8. The monoisotopic (exact) mass is 981 g/mol. The number of phosphoric acid groups is 1. The molecule has 0 heterocycles. The highest BCUT2D eigenvalue weighted by atomic mass is 31.2. The summed E-state index contributed by atoms with van der Waals surface area (Å²) in [7, 11) is -5.22. The summed E-state index contributed by atoms with van der Waals surface area (Å²) in [6.07, 6.45) is 29.1. The topological polar surface area (TPSA) is 270 Å². The Balaban J connectivity index is 2.63. The first kappa shape index (κ1) is 62.4. The maximum Gasteiger partial charge on any atom is 0.472 e. The quantitative estimate of drug-likeness (QED) is 0.0105. The molecule has 0 saturated heterocycles. The second-order valence-corrected chi connectivity index (χ2v) is 17.8. The zero-order valence-electron chi connectivity index (χ0n) is 39.9. The van der Waals surface area contributed by atoms with Gasteiger partial charge < -0.3 is 55.2 Å². The van der Waals surface area contributed by atoms with E-state index in [1.54, 1.807) is 42.5 Å². The van der Waals surface area contributed by atoms with E-state index >= 15 is 0 Å². The van der Waals surface area contributed by atoms with Crippen molar-refractivity contribution in [2.24, 2.45) is 0 Å². The van der Waals surface area contributed by atoms with Gasteiger partial charge in [-0.3, -0.25) is 18.6 Å². The van der Waals surface area contributed by atoms with Crippen LogP contribution in [0, 0.1) is 0 Å². The lowest BCUT2D eigenvalue weighted by Crippen LogP contribution is -2.64. The Kier molecular flexibility index (Phi) is 35.9. The molecule has 0 aromatic carbocycles. The van der Waals surface area contributed by atoms with Crippen molar-refractivity contribution in [3.05, 3.63) is 109 Å². The van der Waals surface area contributed by atoms with Crippen LogP contribution >= 0.6 is 7.82 Å². The van der Waals surface area contributed by atoms with E-state index < -0.39 is 94.0 Å². The normalized spacial score (nSPS) is 23.4. The van der Waals surface area contributed by atoms with Crippen LogP contribution in [0.5, 0.6) is 0 Å². The van der Waals surface area contributed by atoms with E-state index in [1.165, 1.54) is 25.3 Å². The second kappa shape index (κ2) is 39.1. The summed E-state index contributed by atoms with van der Waals surface area (Å²) in [6.45, 7) is 2.75. The molecule has 11 atom stereocenters. The van der Waals surface area contributed by atoms with Crippen molar-refractivity contribution in [3.63, 3.8) is 0 Å². The first-order valence-electron chi connectivity index (χ1n) is 24.0. The Labute approximate surface area is 403 Å². The van der Waals surface area contributed by atoms with Crippen molar-refractivity contribution < 1.29 is 78.4 Å². The van der Waals surface area contributed by atoms with Crippen molar-refractivity contribution >= 4 is 19.8 Å². The Morgan fingerprint density at radius 1 is 0.588 bits per heavy atom. The Bertz CT molecular complexity index is 1650. The van der Waals surface area contributed by atoms with Crippen LogP contribution in [0.25, 0.3) is 0 Å². The molecular formula is C51H81O16P. The van der Waals surface area contributed by atoms with Crippen molar-refractivity contribution in [1.82, 2.24) is 0 Å². The Morgan fingerprint density at radius 2 is 1.12 bits per heavy atom. The molecule has 1 rings (SSSR count). The van der Waals surface area contributed by atoms with E-state index in [0.29, 0.717) is 19.3 Å². The zero-order valence-corrected chi connectivity index (χ0v) is 40.8. The molecular weight excluding hydrogens is 900 g/mol. The molecule has 386 valence electrons. The van der Waals surface area contributed by atoms with Crippen molar-refractivity contribution in [3.8, 4) is 0 Å². The van der Waals surface area contributed by atoms with Gasteiger partial charge in [0.2, 0.25) is 0 Å². The molecule has 9 N–H and O–H groups in total. The number of carbonyl (C=O) groups excluding carboxylic acids is 2. The lowest BCUT2D eigenvalue weighted by molar-refractivity contribution is -0.220. The number of ether oxygens (including phenoxy) is 2. The highest BCUT2D eigenvalue weighted by molar-refractivity contribution is 7.47. The fraction of sp³-hybridized carbons (Fsp3) is 0.608. The smallest absolute Gasteiger partial charge is 0.462 e. The maximum absolute atomic E-state index is 12.8. The largest absolute Gasteiger partial charge is 0.472 e. The molecule has 17 heteroatoms. The molecule has 0 spiro atoms. The van der Waals surface area contributed by atoms with Crippen LogP contribution < -0.4 is 0 Å². The molecule has 3 unspecified atom stereocenters. The molecule has 0 amide bonds. The molecule has 0 aromatic heterocycles. The molecule has 0 aliphatic heterocycles. The van der Waals surface area contributed by atoms with Gasteiger partial charge in [0.05, 0.1) is 24.9 Å². The standard InChI is InChI=1S/C51H81O16P/c1-3-5-7-8-9-10-11-12-13-14-15-16-17-18-19-20-21-26-30-36-45(56)66-41(39-65-68(62,63)67-51-49(60)47(58)46(57)48(59)50(51)61)38-64-44(55)37-31-35-43(54)42(53)34-29-25-23-22-24-28-33-40(52)32-27-6-4-2/h6,9-10,12-13,15-16,18-19,22-25,27-29,33-34,40-43,46-54,57-61H,3-5,7-8,11,14,17,20-21,26,30-32,35-39H2,1-2H3,(H,62,63)/b10-9-,13-12-,16-15-,19-18-,24-22+,25-23-,27-6-,33-28+,34-29-/t40-,41-,42+,43+,46?,47-,48+,49-,50-,51?/m1/s1. The van der Waals surface area contributed by atoms with Crippen LogP contribution in [0.2, 0.25) is 0 Å². The molecule has 0 bridgehead atoms. The summed E-state index contributed by atoms with van der Waals surface area (Å²) in [5, 5.41) is 80.7. The van der Waals surface area contributed by atoms with Gasteiger partial charge in [-0.15, -0.1) is 0 Å². The number of esters is 2. The van der Waals surface area contributed by atoms with Gasteiger partial charge in [-0.25, -0.2) is 4.57 Å². The summed E-state index contributed by atoms with van der Waals surface area (Å²) in [4.78, 5) is 35.8. The number of allylic oxidation sites excluding steroid dienone is 15. The molecule has 16 nitrogen and oxygen atoms in total. The van der Waals surface area contributed by atoms with Gasteiger partial charge >= 0.3 is 19.8 Å². The van der Waals surface area contributed by atoms with Gasteiger partial charge in [0.1, 0.15) is 43.2 Å². The van der Waals surface area contributed by atoms with Gasteiger partial charge in [-0.1, -0.05) is 142 Å². The zero-order chi connectivity index (χ0) is 50.4. The van der Waals surface area contributed by atoms with E-state index in [1.807, 2.05) is 19.1 Å². The first-order valence-corrected chi connectivity index (χ1v) is 25.5. The molecule has 1 aliphatic rings. The van der Waals surface area contributed by atoms with E-state index in [4.69, 9.17) is 18.5 Å². The Morgan fingerprint density at radius 3 is 1.71 bits per heavy atom. The minimum absolute atomic E-state index is 0.0220. The van der Waals surface area contributed by atoms with Crippen LogP contribution in [-0.4, -0.2) is 132 Å². The number of unbranched alkanes of at least 4 members (excludes halogenated alkanes) is 6. The number of carbonyl (C=O) groups is 2. The van der Waals surface area contributed by atoms with Gasteiger partial charge in [0, 0.05) is 12.8 Å². The molecule has 1 saturated carbocycles. The summed E-state index contributed by atoms with van der Waals surface area (Å²) < 4.78 is 33.3. The molecule has 1 fully saturated rings. The van der Waals surface area contributed by atoms with E-state index in [9.17, 15) is 59.9 Å². The predicted octanol–water partition coefficient (Wildman–Crippen LogP) is 6.52. The van der Waals surface area contributed by atoms with Crippen LogP contribution in [-0.2, 0) is 32.7 Å². The molecule has 0 radical (unpaired) electrons. The highest BCUT2D eigenvalue weighted by Gasteiger charge is 2.51. The summed E-state index contributed by atoms with van der Waals surface area (Å²) in [6, 6.07) is 0. The van der Waals surface area contributed by atoms with Crippen LogP contribution in [0.3, 0.4) is 0 Å². The van der Waals surface area contributed by atoms with Crippen LogP contribution in [0.15, 0.2) is 109 Å². The van der Waals surface area contributed by atoms with Gasteiger partial charge in [-0.05, 0) is 77.0 Å². The summed E-state index contributed by atoms with van der Waals surface area (Å²) in [5.41, 5.74) is 0. The average Bonchev–Trinajstić information content (AvgIpc) is 3.31. The lowest BCUT2D eigenvalue weighted by atomic mass is 9.85. The SMILES string of the molecule is CC/C=C\C[C@@H](O)/C=C/C=C/C=C\C=C/[C@H](O)[C@@H](O)CCCC(=O)OC[C@H](COP(=O)(O)OC1[C@H](O)[C@H](O)C(O)[C@H](O)[C@H]1O)OC(=O)CCCCC/C=C\C/C=C\C/C=C\C/C=C\CCCCC. The molecule has 68 heavy (non-hydrogen) atoms. The van der Waals surface area contributed by atoms with Crippen LogP contribution in [0.4, 0.5) is 0 Å². The highest BCUT2D eigenvalue weighted by Crippen LogP contribution is 2.47. The second-order valence-electron chi connectivity index (χ2n) is 16.4. The minimum atomic E-state index is -5.22. The minimum Gasteiger partial charge on any atom is -0.462 e. The fourth-order valence-corrected chi connectivity index (χ4v) is 7.41. The molecule has 0 aromatic rings. The Hall–Kier alpha value is -3.61. The molecule has 1 aliphatic carbocycles. The number of phosphoric ester groups is 1. The third kappa shape index (κ3) is 30.8. The first-order chi connectivity index (χ1) is 32.6. The van der Waals surface area contributed by atoms with Gasteiger partial charge in [0.15, 0.2) is 6.10 Å². The summed E-state index contributed by atoms with van der Waals surface area (Å²) in [5.74, 6) is -1.48.